The zero-order valence-electron chi connectivity index (χ0n) is 12.2. The van der Waals surface area contributed by atoms with Gasteiger partial charge in [0.1, 0.15) is 11.4 Å². The quantitative estimate of drug-likeness (QED) is 0.937. The Kier molecular flexibility index (Phi) is 3.69. The molecule has 4 heteroatoms. The number of carbonyl (C=O) groups excluding carboxylic acids is 1. The summed E-state index contributed by atoms with van der Waals surface area (Å²) in [6.45, 7) is 0.537. The van der Waals surface area contributed by atoms with Crippen molar-refractivity contribution in [3.05, 3.63) is 53.9 Å². The second kappa shape index (κ2) is 5.64. The van der Waals surface area contributed by atoms with Gasteiger partial charge in [-0.05, 0) is 49.1 Å². The molecule has 1 aliphatic carbocycles. The van der Waals surface area contributed by atoms with Crippen molar-refractivity contribution in [1.82, 2.24) is 9.47 Å². The highest BCUT2D eigenvalue weighted by atomic mass is 16.3. The SMILES string of the molecule is CN(Cc1ccc(O)cc1)C(=O)c1cccn1C1CCC1. The third-order valence-electron chi connectivity index (χ3n) is 4.17. The molecule has 1 N–H and O–H groups in total. The van der Waals surface area contributed by atoms with Crippen LogP contribution in [0.1, 0.15) is 41.4 Å². The van der Waals surface area contributed by atoms with E-state index in [2.05, 4.69) is 4.57 Å². The van der Waals surface area contributed by atoms with Gasteiger partial charge in [0, 0.05) is 25.8 Å². The topological polar surface area (TPSA) is 45.5 Å². The van der Waals surface area contributed by atoms with Gasteiger partial charge in [-0.1, -0.05) is 12.1 Å². The Hall–Kier alpha value is -2.23. The number of phenols is 1. The van der Waals surface area contributed by atoms with Crippen LogP contribution in [0.2, 0.25) is 0 Å². The molecule has 1 saturated carbocycles. The Bertz CT molecular complexity index is 626. The highest BCUT2D eigenvalue weighted by molar-refractivity contribution is 5.92. The monoisotopic (exact) mass is 284 g/mol. The van der Waals surface area contributed by atoms with Gasteiger partial charge in [-0.25, -0.2) is 0 Å². The Morgan fingerprint density at radius 3 is 2.62 bits per heavy atom. The van der Waals surface area contributed by atoms with Crippen molar-refractivity contribution >= 4 is 5.91 Å². The van der Waals surface area contributed by atoms with Crippen molar-refractivity contribution in [2.24, 2.45) is 0 Å². The Morgan fingerprint density at radius 2 is 2.00 bits per heavy atom. The molecule has 21 heavy (non-hydrogen) atoms. The molecule has 1 aromatic carbocycles. The Labute approximate surface area is 124 Å². The van der Waals surface area contributed by atoms with Crippen LogP contribution < -0.4 is 0 Å². The molecule has 110 valence electrons. The molecule has 1 heterocycles. The van der Waals surface area contributed by atoms with E-state index in [0.717, 1.165) is 24.1 Å². The number of rotatable bonds is 4. The lowest BCUT2D eigenvalue weighted by Crippen LogP contribution is -2.30. The standard InChI is InChI=1S/C17H20N2O2/c1-18(12-13-7-9-15(20)10-8-13)17(21)16-6-3-11-19(16)14-4-2-5-14/h3,6-11,14,20H,2,4-5,12H2,1H3. The summed E-state index contributed by atoms with van der Waals surface area (Å²) in [6.07, 6.45) is 5.58. The lowest BCUT2D eigenvalue weighted by Gasteiger charge is -2.29. The van der Waals surface area contributed by atoms with Gasteiger partial charge in [0.15, 0.2) is 0 Å². The molecule has 4 nitrogen and oxygen atoms in total. The first-order chi connectivity index (χ1) is 10.1. The summed E-state index contributed by atoms with van der Waals surface area (Å²) in [5, 5.41) is 9.30. The van der Waals surface area contributed by atoms with Gasteiger partial charge >= 0.3 is 0 Å². The van der Waals surface area contributed by atoms with Crippen molar-refractivity contribution in [3.63, 3.8) is 0 Å². The highest BCUT2D eigenvalue weighted by Gasteiger charge is 2.24. The average molecular weight is 284 g/mol. The van der Waals surface area contributed by atoms with Crippen LogP contribution in [0.3, 0.4) is 0 Å². The predicted octanol–water partition coefficient (Wildman–Crippen LogP) is 3.19. The minimum Gasteiger partial charge on any atom is -0.508 e. The van der Waals surface area contributed by atoms with Crippen LogP contribution in [0.4, 0.5) is 0 Å². The van der Waals surface area contributed by atoms with Crippen LogP contribution in [-0.2, 0) is 6.54 Å². The number of benzene rings is 1. The summed E-state index contributed by atoms with van der Waals surface area (Å²) in [6, 6.07) is 11.3. The first kappa shape index (κ1) is 13.7. The van der Waals surface area contributed by atoms with Gasteiger partial charge in [0.2, 0.25) is 0 Å². The highest BCUT2D eigenvalue weighted by Crippen LogP contribution is 2.33. The number of aromatic hydroxyl groups is 1. The van der Waals surface area contributed by atoms with Crippen LogP contribution in [0.5, 0.6) is 5.75 Å². The van der Waals surface area contributed by atoms with Gasteiger partial charge in [-0.15, -0.1) is 0 Å². The number of amides is 1. The molecule has 0 radical (unpaired) electrons. The molecule has 1 amide bonds. The molecule has 3 rings (SSSR count). The van der Waals surface area contributed by atoms with Gasteiger partial charge in [0.25, 0.3) is 5.91 Å². The van der Waals surface area contributed by atoms with E-state index in [1.54, 1.807) is 17.0 Å². The molecule has 1 fully saturated rings. The molecule has 0 atom stereocenters. The Balaban J connectivity index is 1.72. The Morgan fingerprint density at radius 1 is 1.29 bits per heavy atom. The van der Waals surface area contributed by atoms with Crippen LogP contribution in [0, 0.1) is 0 Å². The maximum absolute atomic E-state index is 12.6. The fourth-order valence-corrected chi connectivity index (χ4v) is 2.70. The van der Waals surface area contributed by atoms with Gasteiger partial charge in [0.05, 0.1) is 0 Å². The molecular weight excluding hydrogens is 264 g/mol. The van der Waals surface area contributed by atoms with E-state index in [-0.39, 0.29) is 11.7 Å². The number of aromatic nitrogens is 1. The van der Waals surface area contributed by atoms with Crippen molar-refractivity contribution in [1.29, 1.82) is 0 Å². The number of carbonyl (C=O) groups is 1. The second-order valence-electron chi connectivity index (χ2n) is 5.71. The van der Waals surface area contributed by atoms with E-state index < -0.39 is 0 Å². The number of nitrogens with zero attached hydrogens (tertiary/aromatic N) is 2. The number of hydrogen-bond donors (Lipinski definition) is 1. The van der Waals surface area contributed by atoms with Crippen molar-refractivity contribution in [3.8, 4) is 5.75 Å². The van der Waals surface area contributed by atoms with Gasteiger partial charge in [-0.3, -0.25) is 4.79 Å². The fourth-order valence-electron chi connectivity index (χ4n) is 2.70. The summed E-state index contributed by atoms with van der Waals surface area (Å²) in [5.41, 5.74) is 1.77. The molecular formula is C17H20N2O2. The third kappa shape index (κ3) is 2.79. The van der Waals surface area contributed by atoms with Gasteiger partial charge < -0.3 is 14.6 Å². The van der Waals surface area contributed by atoms with E-state index in [0.29, 0.717) is 12.6 Å². The minimum atomic E-state index is 0.0416. The van der Waals surface area contributed by atoms with Crippen LogP contribution >= 0.6 is 0 Å². The molecule has 0 unspecified atom stereocenters. The molecule has 1 aliphatic rings. The first-order valence-electron chi connectivity index (χ1n) is 7.35. The fraction of sp³-hybridized carbons (Fsp3) is 0.353. The second-order valence-corrected chi connectivity index (χ2v) is 5.71. The van der Waals surface area contributed by atoms with E-state index in [1.165, 1.54) is 6.42 Å². The van der Waals surface area contributed by atoms with E-state index in [4.69, 9.17) is 0 Å². The zero-order chi connectivity index (χ0) is 14.8. The van der Waals surface area contributed by atoms with E-state index >= 15 is 0 Å². The van der Waals surface area contributed by atoms with E-state index in [1.807, 2.05) is 37.5 Å². The molecule has 2 aromatic rings. The normalized spacial score (nSPS) is 14.7. The summed E-state index contributed by atoms with van der Waals surface area (Å²) < 4.78 is 2.11. The zero-order valence-corrected chi connectivity index (χ0v) is 12.2. The lowest BCUT2D eigenvalue weighted by atomic mass is 9.93. The maximum Gasteiger partial charge on any atom is 0.270 e. The predicted molar refractivity (Wildman–Crippen MR) is 81.2 cm³/mol. The average Bonchev–Trinajstić information content (AvgIpc) is 2.87. The third-order valence-corrected chi connectivity index (χ3v) is 4.17. The molecule has 0 spiro atoms. The van der Waals surface area contributed by atoms with Crippen LogP contribution in [-0.4, -0.2) is 27.5 Å². The van der Waals surface area contributed by atoms with Crippen LogP contribution in [0.25, 0.3) is 0 Å². The lowest BCUT2D eigenvalue weighted by molar-refractivity contribution is 0.0768. The van der Waals surface area contributed by atoms with Crippen molar-refractivity contribution < 1.29 is 9.90 Å². The molecule has 0 saturated heterocycles. The number of hydrogen-bond acceptors (Lipinski definition) is 2. The maximum atomic E-state index is 12.6. The van der Waals surface area contributed by atoms with Crippen molar-refractivity contribution in [2.75, 3.05) is 7.05 Å². The summed E-state index contributed by atoms with van der Waals surface area (Å²) >= 11 is 0. The smallest absolute Gasteiger partial charge is 0.270 e. The van der Waals surface area contributed by atoms with Crippen LogP contribution in [0.15, 0.2) is 42.6 Å². The minimum absolute atomic E-state index is 0.0416. The largest absolute Gasteiger partial charge is 0.508 e. The first-order valence-corrected chi connectivity index (χ1v) is 7.35. The summed E-state index contributed by atoms with van der Waals surface area (Å²) in [7, 11) is 1.81. The van der Waals surface area contributed by atoms with E-state index in [9.17, 15) is 9.90 Å². The van der Waals surface area contributed by atoms with Gasteiger partial charge in [-0.2, -0.15) is 0 Å². The summed E-state index contributed by atoms with van der Waals surface area (Å²) in [5.74, 6) is 0.284. The molecule has 0 aliphatic heterocycles. The number of phenolic OH excluding ortho intramolecular Hbond substituents is 1. The molecule has 0 bridgehead atoms. The van der Waals surface area contributed by atoms with Crippen molar-refractivity contribution in [2.45, 2.75) is 31.8 Å². The molecule has 1 aromatic heterocycles. The summed E-state index contributed by atoms with van der Waals surface area (Å²) in [4.78, 5) is 14.3.